The lowest BCUT2D eigenvalue weighted by molar-refractivity contribution is -0.129. The van der Waals surface area contributed by atoms with Crippen LogP contribution in [0.1, 0.15) is 23.6 Å². The molecule has 0 aliphatic carbocycles. The molecule has 0 bridgehead atoms. The summed E-state index contributed by atoms with van der Waals surface area (Å²) in [6.07, 6.45) is 1.47. The summed E-state index contributed by atoms with van der Waals surface area (Å²) in [5.74, 6) is -1.42. The van der Waals surface area contributed by atoms with Gasteiger partial charge >= 0.3 is 0 Å². The van der Waals surface area contributed by atoms with Crippen LogP contribution in [-0.4, -0.2) is 22.6 Å². The normalized spacial score (nSPS) is 19.0. The summed E-state index contributed by atoms with van der Waals surface area (Å²) < 4.78 is 19.1. The average molecular weight is 313 g/mol. The number of nitrogens with zero attached hydrogens (tertiary/aromatic N) is 2. The molecule has 1 aromatic heterocycles. The lowest BCUT2D eigenvalue weighted by Crippen LogP contribution is -2.36. The lowest BCUT2D eigenvalue weighted by atomic mass is 9.87. The van der Waals surface area contributed by atoms with E-state index >= 15 is 0 Å². The van der Waals surface area contributed by atoms with Crippen molar-refractivity contribution in [1.29, 1.82) is 5.26 Å². The zero-order valence-corrected chi connectivity index (χ0v) is 12.1. The predicted molar refractivity (Wildman–Crippen MR) is 78.1 cm³/mol. The van der Waals surface area contributed by atoms with E-state index in [0.29, 0.717) is 6.61 Å². The zero-order chi connectivity index (χ0) is 16.6. The van der Waals surface area contributed by atoms with Crippen LogP contribution in [-0.2, 0) is 10.4 Å². The predicted octanol–water partition coefficient (Wildman–Crippen LogP) is 1.68. The quantitative estimate of drug-likeness (QED) is 0.899. The van der Waals surface area contributed by atoms with Gasteiger partial charge < -0.3 is 15.2 Å². The van der Waals surface area contributed by atoms with Crippen molar-refractivity contribution in [1.82, 2.24) is 4.98 Å². The van der Waals surface area contributed by atoms with Crippen LogP contribution in [0.3, 0.4) is 0 Å². The van der Waals surface area contributed by atoms with Crippen molar-refractivity contribution < 1.29 is 19.0 Å². The summed E-state index contributed by atoms with van der Waals surface area (Å²) in [5.41, 5.74) is -2.03. The van der Waals surface area contributed by atoms with Gasteiger partial charge in [-0.15, -0.1) is 0 Å². The smallest absolute Gasteiger partial charge is 0.266 e. The highest BCUT2D eigenvalue weighted by Gasteiger charge is 2.49. The van der Waals surface area contributed by atoms with Gasteiger partial charge in [-0.2, -0.15) is 5.26 Å². The summed E-state index contributed by atoms with van der Waals surface area (Å²) in [6, 6.07) is 6.92. The first-order valence-electron chi connectivity index (χ1n) is 6.88. The molecule has 0 saturated carbocycles. The molecule has 1 aromatic carbocycles. The first kappa shape index (κ1) is 14.9. The molecule has 3 rings (SSSR count). The molecule has 1 atom stereocenters. The number of hydrogen-bond acceptors (Lipinski definition) is 5. The minimum Gasteiger partial charge on any atom is -0.478 e. The number of benzene rings is 1. The van der Waals surface area contributed by atoms with E-state index in [1.807, 2.05) is 0 Å². The Morgan fingerprint density at radius 2 is 2.26 bits per heavy atom. The number of halogens is 1. The third-order valence-electron chi connectivity index (χ3n) is 3.64. The Kier molecular flexibility index (Phi) is 3.47. The second kappa shape index (κ2) is 5.34. The molecule has 0 radical (unpaired) electrons. The molecule has 1 unspecified atom stereocenters. The van der Waals surface area contributed by atoms with E-state index in [-0.39, 0.29) is 28.3 Å². The van der Waals surface area contributed by atoms with Gasteiger partial charge in [-0.1, -0.05) is 0 Å². The fourth-order valence-corrected chi connectivity index (χ4v) is 2.58. The minimum absolute atomic E-state index is 0.0920. The van der Waals surface area contributed by atoms with Gasteiger partial charge in [0.05, 0.1) is 23.4 Å². The van der Waals surface area contributed by atoms with E-state index in [0.717, 1.165) is 12.1 Å². The van der Waals surface area contributed by atoms with Crippen molar-refractivity contribution in [3.05, 3.63) is 53.0 Å². The SMILES string of the molecule is CCOc1ncccc1C1(O)C(=O)Nc2cc(F)c(C#N)cc21. The molecule has 23 heavy (non-hydrogen) atoms. The minimum atomic E-state index is -2.10. The summed E-state index contributed by atoms with van der Waals surface area (Å²) in [7, 11) is 0. The number of carbonyl (C=O) groups excluding carboxylic acids is 1. The van der Waals surface area contributed by atoms with E-state index in [1.54, 1.807) is 19.1 Å². The first-order chi connectivity index (χ1) is 11.0. The summed E-state index contributed by atoms with van der Waals surface area (Å²) in [5, 5.41) is 22.4. The number of anilines is 1. The Morgan fingerprint density at radius 3 is 2.96 bits per heavy atom. The molecule has 6 nitrogen and oxygen atoms in total. The van der Waals surface area contributed by atoms with Gasteiger partial charge in [0.15, 0.2) is 0 Å². The van der Waals surface area contributed by atoms with Crippen LogP contribution in [0.25, 0.3) is 0 Å². The average Bonchev–Trinajstić information content (AvgIpc) is 2.78. The van der Waals surface area contributed by atoms with E-state index in [2.05, 4.69) is 10.3 Å². The summed E-state index contributed by atoms with van der Waals surface area (Å²) >= 11 is 0. The highest BCUT2D eigenvalue weighted by atomic mass is 19.1. The second-order valence-corrected chi connectivity index (χ2v) is 4.94. The summed E-state index contributed by atoms with van der Waals surface area (Å²) in [4.78, 5) is 16.4. The second-order valence-electron chi connectivity index (χ2n) is 4.94. The van der Waals surface area contributed by atoms with Crippen molar-refractivity contribution in [2.24, 2.45) is 0 Å². The topological polar surface area (TPSA) is 95.2 Å². The Labute approximate surface area is 131 Å². The number of pyridine rings is 1. The van der Waals surface area contributed by atoms with E-state index in [9.17, 15) is 14.3 Å². The first-order valence-corrected chi connectivity index (χ1v) is 6.88. The highest BCUT2D eigenvalue weighted by molar-refractivity contribution is 6.07. The van der Waals surface area contributed by atoms with Crippen molar-refractivity contribution in [3.63, 3.8) is 0 Å². The molecule has 1 aliphatic heterocycles. The molecule has 0 saturated heterocycles. The molecule has 1 aliphatic rings. The third kappa shape index (κ3) is 2.12. The number of hydrogen-bond donors (Lipinski definition) is 2. The number of rotatable bonds is 3. The van der Waals surface area contributed by atoms with Gasteiger partial charge in [-0.05, 0) is 31.2 Å². The van der Waals surface area contributed by atoms with E-state index in [1.165, 1.54) is 12.3 Å². The molecular formula is C16H12FN3O3. The highest BCUT2D eigenvalue weighted by Crippen LogP contribution is 2.44. The van der Waals surface area contributed by atoms with Crippen molar-refractivity contribution in [2.75, 3.05) is 11.9 Å². The molecule has 2 N–H and O–H groups in total. The van der Waals surface area contributed by atoms with E-state index in [4.69, 9.17) is 10.00 Å². The summed E-state index contributed by atoms with van der Waals surface area (Å²) in [6.45, 7) is 2.04. The molecule has 7 heteroatoms. The largest absolute Gasteiger partial charge is 0.478 e. The van der Waals surface area contributed by atoms with Crippen LogP contribution in [0.5, 0.6) is 5.88 Å². The molecular weight excluding hydrogens is 301 g/mol. The molecule has 2 aromatic rings. The number of aliphatic hydroxyl groups is 1. The number of nitriles is 1. The number of ether oxygens (including phenoxy) is 1. The molecule has 0 fully saturated rings. The maximum absolute atomic E-state index is 13.7. The van der Waals surface area contributed by atoms with Gasteiger partial charge in [0.1, 0.15) is 11.9 Å². The van der Waals surface area contributed by atoms with Crippen LogP contribution < -0.4 is 10.1 Å². The fourth-order valence-electron chi connectivity index (χ4n) is 2.58. The zero-order valence-electron chi connectivity index (χ0n) is 12.1. The number of amides is 1. The van der Waals surface area contributed by atoms with Crippen molar-refractivity contribution >= 4 is 11.6 Å². The molecule has 2 heterocycles. The van der Waals surface area contributed by atoms with Gasteiger partial charge in [0, 0.05) is 11.8 Å². The van der Waals surface area contributed by atoms with Gasteiger partial charge in [0.25, 0.3) is 5.91 Å². The molecule has 116 valence electrons. The standard InChI is InChI=1S/C16H12FN3O3/c1-2-23-14-10(4-3-5-19-14)16(22)11-6-9(8-18)12(17)7-13(11)20-15(16)21/h3-7,22H,2H2,1H3,(H,20,21). The number of carbonyl (C=O) groups is 1. The van der Waals surface area contributed by atoms with Crippen LogP contribution in [0.2, 0.25) is 0 Å². The van der Waals surface area contributed by atoms with Crippen LogP contribution in [0.15, 0.2) is 30.5 Å². The van der Waals surface area contributed by atoms with Crippen LogP contribution in [0.4, 0.5) is 10.1 Å². The third-order valence-corrected chi connectivity index (χ3v) is 3.64. The van der Waals surface area contributed by atoms with Gasteiger partial charge in [0.2, 0.25) is 11.5 Å². The van der Waals surface area contributed by atoms with Crippen molar-refractivity contribution in [2.45, 2.75) is 12.5 Å². The molecule has 0 spiro atoms. The fraction of sp³-hybridized carbons (Fsp3) is 0.188. The Bertz CT molecular complexity index is 847. The number of fused-ring (bicyclic) bond motifs is 1. The lowest BCUT2D eigenvalue weighted by Gasteiger charge is -2.23. The van der Waals surface area contributed by atoms with Gasteiger partial charge in [-0.25, -0.2) is 9.37 Å². The van der Waals surface area contributed by atoms with Crippen LogP contribution in [0, 0.1) is 17.1 Å². The Balaban J connectivity index is 2.25. The maximum atomic E-state index is 13.7. The van der Waals surface area contributed by atoms with Crippen LogP contribution >= 0.6 is 0 Å². The van der Waals surface area contributed by atoms with E-state index < -0.39 is 17.3 Å². The Hall–Kier alpha value is -2.98. The van der Waals surface area contributed by atoms with Gasteiger partial charge in [-0.3, -0.25) is 4.79 Å². The maximum Gasteiger partial charge on any atom is 0.266 e. The number of nitrogens with one attached hydrogen (secondary N) is 1. The number of aromatic nitrogens is 1. The molecule has 1 amide bonds. The van der Waals surface area contributed by atoms with Crippen molar-refractivity contribution in [3.8, 4) is 11.9 Å². The monoisotopic (exact) mass is 313 g/mol. The Morgan fingerprint density at radius 1 is 1.48 bits per heavy atom.